The topological polar surface area (TPSA) is 114 Å². The first-order valence-electron chi connectivity index (χ1n) is 11.8. The molecule has 0 unspecified atom stereocenters. The molecule has 1 atom stereocenters. The van der Waals surface area contributed by atoms with E-state index in [2.05, 4.69) is 25.9 Å². The second kappa shape index (κ2) is 11.2. The van der Waals surface area contributed by atoms with Gasteiger partial charge in [0.25, 0.3) is 5.91 Å². The SMILES string of the molecule is COc1ccc(Nc2ccc(CNC(=O)[C@]3(NC(=O)c4cnc(C)nc4)CCOC3)c(F)c2)c(C(F)(F)F)c1. The number of nitrogens with one attached hydrogen (secondary N) is 3. The lowest BCUT2D eigenvalue weighted by molar-refractivity contribution is -0.137. The molecule has 9 nitrogen and oxygen atoms in total. The molecule has 4 rings (SSSR count). The molecule has 1 aliphatic rings. The van der Waals surface area contributed by atoms with Gasteiger partial charge < -0.3 is 25.4 Å². The highest BCUT2D eigenvalue weighted by Gasteiger charge is 2.44. The fourth-order valence-electron chi connectivity index (χ4n) is 3.96. The number of nitrogens with zero attached hydrogens (tertiary/aromatic N) is 2. The average Bonchev–Trinajstić information content (AvgIpc) is 3.37. The van der Waals surface area contributed by atoms with Gasteiger partial charge in [-0.3, -0.25) is 9.59 Å². The number of rotatable bonds is 8. The number of amides is 2. The van der Waals surface area contributed by atoms with Gasteiger partial charge in [0, 0.05) is 43.2 Å². The van der Waals surface area contributed by atoms with Crippen molar-refractivity contribution in [1.82, 2.24) is 20.6 Å². The normalized spacial score (nSPS) is 17.0. The quantitative estimate of drug-likeness (QED) is 0.367. The molecule has 0 saturated carbocycles. The molecule has 0 aliphatic carbocycles. The van der Waals surface area contributed by atoms with E-state index in [0.717, 1.165) is 12.1 Å². The number of anilines is 2. The third kappa shape index (κ3) is 6.42. The molecule has 2 aromatic carbocycles. The van der Waals surface area contributed by atoms with Gasteiger partial charge in [0.1, 0.15) is 22.9 Å². The zero-order chi connectivity index (χ0) is 28.2. The largest absolute Gasteiger partial charge is 0.497 e. The molecule has 206 valence electrons. The summed E-state index contributed by atoms with van der Waals surface area (Å²) in [4.78, 5) is 33.7. The van der Waals surface area contributed by atoms with Crippen LogP contribution >= 0.6 is 0 Å². The highest BCUT2D eigenvalue weighted by molar-refractivity contribution is 5.99. The number of methoxy groups -OCH3 is 1. The van der Waals surface area contributed by atoms with Crippen LogP contribution in [0.4, 0.5) is 28.9 Å². The van der Waals surface area contributed by atoms with Crippen LogP contribution in [-0.2, 0) is 22.3 Å². The summed E-state index contributed by atoms with van der Waals surface area (Å²) in [6.45, 7) is 1.60. The molecule has 3 N–H and O–H groups in total. The van der Waals surface area contributed by atoms with E-state index in [9.17, 15) is 27.2 Å². The van der Waals surface area contributed by atoms with Crippen LogP contribution in [0.1, 0.15) is 33.7 Å². The van der Waals surface area contributed by atoms with Crippen LogP contribution in [0.3, 0.4) is 0 Å². The molecular weight excluding hydrogens is 522 g/mol. The molecule has 0 bridgehead atoms. The summed E-state index contributed by atoms with van der Waals surface area (Å²) >= 11 is 0. The second-order valence-electron chi connectivity index (χ2n) is 8.88. The van der Waals surface area contributed by atoms with Gasteiger partial charge in [-0.25, -0.2) is 14.4 Å². The molecule has 0 radical (unpaired) electrons. The fraction of sp³-hybridized carbons (Fsp3) is 0.308. The van der Waals surface area contributed by atoms with Crippen LogP contribution in [0.15, 0.2) is 48.8 Å². The molecule has 13 heteroatoms. The van der Waals surface area contributed by atoms with Gasteiger partial charge >= 0.3 is 6.18 Å². The van der Waals surface area contributed by atoms with Gasteiger partial charge in [-0.05, 0) is 37.3 Å². The van der Waals surface area contributed by atoms with Crippen LogP contribution in [0.25, 0.3) is 0 Å². The number of halogens is 4. The maximum Gasteiger partial charge on any atom is 0.418 e. The standard InChI is InChI=1S/C26H25F4N5O4/c1-15-31-12-17(13-32-15)23(36)35-25(7-8-39-14-25)24(37)33-11-16-3-4-18(9-21(16)27)34-22-6-5-19(38-2)10-20(22)26(28,29)30/h3-6,9-10,12-13,34H,7-8,11,14H2,1-2H3,(H,33,37)(H,35,36)/t25-/m0/s1. The zero-order valence-corrected chi connectivity index (χ0v) is 21.0. The van der Waals surface area contributed by atoms with E-state index in [1.54, 1.807) is 6.92 Å². The van der Waals surface area contributed by atoms with Crippen LogP contribution in [0, 0.1) is 12.7 Å². The van der Waals surface area contributed by atoms with E-state index in [1.807, 2.05) is 0 Å². The number of alkyl halides is 3. The van der Waals surface area contributed by atoms with Crippen molar-refractivity contribution in [3.8, 4) is 5.75 Å². The smallest absolute Gasteiger partial charge is 0.418 e. The number of benzene rings is 2. The first kappa shape index (κ1) is 27.8. The van der Waals surface area contributed by atoms with Gasteiger partial charge in [0.05, 0.1) is 30.5 Å². The Labute approximate surface area is 220 Å². The summed E-state index contributed by atoms with van der Waals surface area (Å²) in [6.07, 6.45) is -1.78. The first-order chi connectivity index (χ1) is 18.5. The van der Waals surface area contributed by atoms with Gasteiger partial charge in [-0.2, -0.15) is 13.2 Å². The number of hydrogen-bond donors (Lipinski definition) is 3. The van der Waals surface area contributed by atoms with Crippen molar-refractivity contribution >= 4 is 23.2 Å². The molecule has 39 heavy (non-hydrogen) atoms. The Morgan fingerprint density at radius 3 is 2.49 bits per heavy atom. The second-order valence-corrected chi connectivity index (χ2v) is 8.88. The predicted octanol–water partition coefficient (Wildman–Crippen LogP) is 3.90. The van der Waals surface area contributed by atoms with Gasteiger partial charge in [0.15, 0.2) is 0 Å². The Morgan fingerprint density at radius 1 is 1.13 bits per heavy atom. The average molecular weight is 548 g/mol. The summed E-state index contributed by atoms with van der Waals surface area (Å²) in [5, 5.41) is 7.87. The number of carbonyl (C=O) groups is 2. The van der Waals surface area contributed by atoms with Crippen LogP contribution in [0.2, 0.25) is 0 Å². The van der Waals surface area contributed by atoms with E-state index in [0.29, 0.717) is 5.82 Å². The van der Waals surface area contributed by atoms with Crippen molar-refractivity contribution in [2.24, 2.45) is 0 Å². The van der Waals surface area contributed by atoms with Crippen molar-refractivity contribution in [3.63, 3.8) is 0 Å². The van der Waals surface area contributed by atoms with Crippen molar-refractivity contribution in [2.45, 2.75) is 31.6 Å². The van der Waals surface area contributed by atoms with Crippen molar-refractivity contribution in [2.75, 3.05) is 25.6 Å². The highest BCUT2D eigenvalue weighted by atomic mass is 19.4. The molecular formula is C26H25F4N5O4. The molecule has 2 amide bonds. The third-order valence-corrected chi connectivity index (χ3v) is 6.16. The van der Waals surface area contributed by atoms with E-state index in [4.69, 9.17) is 9.47 Å². The minimum atomic E-state index is -4.67. The summed E-state index contributed by atoms with van der Waals surface area (Å²) < 4.78 is 65.5. The minimum Gasteiger partial charge on any atom is -0.497 e. The number of ether oxygens (including phenoxy) is 2. The van der Waals surface area contributed by atoms with Crippen LogP contribution in [0.5, 0.6) is 5.75 Å². The number of carbonyl (C=O) groups excluding carboxylic acids is 2. The summed E-state index contributed by atoms with van der Waals surface area (Å²) in [5.41, 5.74) is -2.29. The van der Waals surface area contributed by atoms with E-state index in [1.165, 1.54) is 43.8 Å². The number of aromatic nitrogens is 2. The molecule has 2 heterocycles. The lowest BCUT2D eigenvalue weighted by Crippen LogP contribution is -2.59. The Balaban J connectivity index is 1.44. The van der Waals surface area contributed by atoms with Crippen LogP contribution < -0.4 is 20.7 Å². The number of hydrogen-bond acceptors (Lipinski definition) is 7. The van der Waals surface area contributed by atoms with E-state index in [-0.39, 0.29) is 54.4 Å². The Bertz CT molecular complexity index is 1360. The van der Waals surface area contributed by atoms with Gasteiger partial charge in [-0.1, -0.05) is 6.07 Å². The van der Waals surface area contributed by atoms with Crippen molar-refractivity contribution in [1.29, 1.82) is 0 Å². The van der Waals surface area contributed by atoms with Crippen molar-refractivity contribution < 1.29 is 36.6 Å². The van der Waals surface area contributed by atoms with Gasteiger partial charge in [-0.15, -0.1) is 0 Å². The van der Waals surface area contributed by atoms with E-state index < -0.39 is 34.9 Å². The molecule has 1 aliphatic heterocycles. The molecule has 1 aromatic heterocycles. The molecule has 1 fully saturated rings. The monoisotopic (exact) mass is 547 g/mol. The lowest BCUT2D eigenvalue weighted by Gasteiger charge is -2.27. The number of aryl methyl sites for hydroxylation is 1. The highest BCUT2D eigenvalue weighted by Crippen LogP contribution is 2.38. The molecule has 0 spiro atoms. The Morgan fingerprint density at radius 2 is 1.87 bits per heavy atom. The molecule has 1 saturated heterocycles. The predicted molar refractivity (Wildman–Crippen MR) is 132 cm³/mol. The minimum absolute atomic E-state index is 0.0268. The maximum absolute atomic E-state index is 14.9. The molecule has 3 aromatic rings. The first-order valence-corrected chi connectivity index (χ1v) is 11.8. The van der Waals surface area contributed by atoms with Crippen LogP contribution in [-0.4, -0.2) is 47.6 Å². The Kier molecular flexibility index (Phi) is 8.00. The summed E-state index contributed by atoms with van der Waals surface area (Å²) in [7, 11) is 1.25. The fourth-order valence-corrected chi connectivity index (χ4v) is 3.96. The van der Waals surface area contributed by atoms with E-state index >= 15 is 0 Å². The summed E-state index contributed by atoms with van der Waals surface area (Å²) in [6, 6.07) is 7.14. The van der Waals surface area contributed by atoms with Crippen molar-refractivity contribution in [3.05, 3.63) is 77.1 Å². The third-order valence-electron chi connectivity index (χ3n) is 6.16. The summed E-state index contributed by atoms with van der Waals surface area (Å²) in [5.74, 6) is -1.37. The van der Waals surface area contributed by atoms with Gasteiger partial charge in [0.2, 0.25) is 5.91 Å². The lowest BCUT2D eigenvalue weighted by atomic mass is 9.96. The maximum atomic E-state index is 14.9. The Hall–Kier alpha value is -4.26. The zero-order valence-electron chi connectivity index (χ0n) is 21.0.